The maximum atomic E-state index is 11.7. The summed E-state index contributed by atoms with van der Waals surface area (Å²) in [4.78, 5) is 24.9. The summed E-state index contributed by atoms with van der Waals surface area (Å²) in [5.41, 5.74) is 0.759. The van der Waals surface area contributed by atoms with Crippen molar-refractivity contribution < 1.29 is 14.3 Å². The van der Waals surface area contributed by atoms with Gasteiger partial charge in [0, 0.05) is 24.1 Å². The minimum atomic E-state index is -0.442. The average molecular weight is 287 g/mol. The van der Waals surface area contributed by atoms with Gasteiger partial charge >= 0.3 is 5.63 Å². The first-order valence-corrected chi connectivity index (χ1v) is 7.12. The van der Waals surface area contributed by atoms with Gasteiger partial charge in [-0.15, -0.1) is 0 Å². The Hall–Kier alpha value is -2.14. The van der Waals surface area contributed by atoms with Crippen LogP contribution in [-0.4, -0.2) is 28.9 Å². The fourth-order valence-corrected chi connectivity index (χ4v) is 2.94. The third-order valence-corrected chi connectivity index (χ3v) is 4.01. The lowest BCUT2D eigenvalue weighted by atomic mass is 10.0. The number of rotatable bonds is 3. The van der Waals surface area contributed by atoms with Crippen molar-refractivity contribution >= 4 is 17.3 Å². The summed E-state index contributed by atoms with van der Waals surface area (Å²) < 4.78 is 5.12. The van der Waals surface area contributed by atoms with Crippen LogP contribution in [0, 0.1) is 0 Å². The predicted molar refractivity (Wildman–Crippen MR) is 78.3 cm³/mol. The van der Waals surface area contributed by atoms with Crippen LogP contribution >= 0.6 is 0 Å². The third-order valence-electron chi connectivity index (χ3n) is 4.01. The van der Waals surface area contributed by atoms with Gasteiger partial charge in [-0.1, -0.05) is 6.42 Å². The number of carbonyl (C=O) groups is 1. The third kappa shape index (κ3) is 2.83. The zero-order valence-corrected chi connectivity index (χ0v) is 11.6. The largest absolute Gasteiger partial charge is 0.508 e. The highest BCUT2D eigenvalue weighted by molar-refractivity contribution is 5.81. The number of fused-ring (bicyclic) bond motifs is 1. The molecule has 1 aliphatic rings. The minimum Gasteiger partial charge on any atom is -0.508 e. The van der Waals surface area contributed by atoms with Gasteiger partial charge in [0.15, 0.2) is 0 Å². The van der Waals surface area contributed by atoms with Crippen LogP contribution in [0.3, 0.4) is 0 Å². The Morgan fingerprint density at radius 3 is 3.00 bits per heavy atom. The fraction of sp³-hybridized carbons (Fsp3) is 0.375. The van der Waals surface area contributed by atoms with E-state index in [1.54, 1.807) is 12.1 Å². The van der Waals surface area contributed by atoms with Crippen LogP contribution in [0.2, 0.25) is 0 Å². The van der Waals surface area contributed by atoms with E-state index >= 15 is 0 Å². The molecule has 21 heavy (non-hydrogen) atoms. The molecule has 110 valence electrons. The fourth-order valence-electron chi connectivity index (χ4n) is 2.94. The number of benzene rings is 1. The summed E-state index contributed by atoms with van der Waals surface area (Å²) >= 11 is 0. The van der Waals surface area contributed by atoms with E-state index in [1.807, 2.05) is 0 Å². The van der Waals surface area contributed by atoms with Crippen molar-refractivity contribution in [3.05, 3.63) is 40.2 Å². The molecule has 0 saturated carbocycles. The molecule has 1 atom stereocenters. The van der Waals surface area contributed by atoms with Crippen molar-refractivity contribution in [2.45, 2.75) is 31.8 Å². The average Bonchev–Trinajstić information content (AvgIpc) is 2.47. The van der Waals surface area contributed by atoms with Crippen LogP contribution < -0.4 is 5.63 Å². The highest BCUT2D eigenvalue weighted by Gasteiger charge is 2.22. The Morgan fingerprint density at radius 1 is 1.33 bits per heavy atom. The van der Waals surface area contributed by atoms with E-state index in [-0.39, 0.29) is 11.8 Å². The Bertz CT molecular complexity index is 722. The lowest BCUT2D eigenvalue weighted by Gasteiger charge is -2.32. The second-order valence-electron chi connectivity index (χ2n) is 5.44. The Kier molecular flexibility index (Phi) is 3.75. The van der Waals surface area contributed by atoms with Gasteiger partial charge in [-0.05, 0) is 37.1 Å². The molecule has 5 nitrogen and oxygen atoms in total. The van der Waals surface area contributed by atoms with Gasteiger partial charge in [0.05, 0.1) is 6.04 Å². The van der Waals surface area contributed by atoms with Crippen molar-refractivity contribution in [3.63, 3.8) is 0 Å². The summed E-state index contributed by atoms with van der Waals surface area (Å²) in [7, 11) is 0. The first-order chi connectivity index (χ1) is 10.2. The van der Waals surface area contributed by atoms with Gasteiger partial charge in [0.2, 0.25) is 0 Å². The van der Waals surface area contributed by atoms with Gasteiger partial charge in [-0.3, -0.25) is 4.90 Å². The zero-order chi connectivity index (χ0) is 14.8. The first kappa shape index (κ1) is 13.8. The minimum absolute atomic E-state index is 0.0616. The number of carbonyl (C=O) groups excluding carboxylic acids is 1. The quantitative estimate of drug-likeness (QED) is 0.691. The molecule has 2 aromatic rings. The van der Waals surface area contributed by atoms with E-state index in [9.17, 15) is 14.7 Å². The number of aromatic hydroxyl groups is 1. The maximum absolute atomic E-state index is 11.7. The molecule has 1 saturated heterocycles. The Morgan fingerprint density at radius 2 is 2.19 bits per heavy atom. The maximum Gasteiger partial charge on any atom is 0.336 e. The molecule has 2 heterocycles. The molecule has 1 N–H and O–H groups in total. The molecule has 1 unspecified atom stereocenters. The van der Waals surface area contributed by atoms with Crippen LogP contribution in [-0.2, 0) is 11.3 Å². The van der Waals surface area contributed by atoms with Crippen molar-refractivity contribution in [3.8, 4) is 5.75 Å². The number of aldehydes is 1. The van der Waals surface area contributed by atoms with Gasteiger partial charge in [0.25, 0.3) is 0 Å². The van der Waals surface area contributed by atoms with Crippen molar-refractivity contribution in [1.29, 1.82) is 0 Å². The highest BCUT2D eigenvalue weighted by Crippen LogP contribution is 2.25. The standard InChI is InChI=1S/C16H17NO4/c18-10-12-3-1-2-6-17(12)9-11-7-16(20)21-15-8-13(19)4-5-14(11)15/h4-5,7-8,10,12,19H,1-3,6,9H2. The van der Waals surface area contributed by atoms with Crippen molar-refractivity contribution in [2.75, 3.05) is 6.54 Å². The van der Waals surface area contributed by atoms with E-state index in [0.717, 1.165) is 43.0 Å². The van der Waals surface area contributed by atoms with Gasteiger partial charge in [0.1, 0.15) is 17.6 Å². The summed E-state index contributed by atoms with van der Waals surface area (Å²) in [5.74, 6) is 0.0616. The number of hydrogen-bond donors (Lipinski definition) is 1. The first-order valence-electron chi connectivity index (χ1n) is 7.12. The smallest absolute Gasteiger partial charge is 0.336 e. The second kappa shape index (κ2) is 5.69. The molecule has 0 spiro atoms. The van der Waals surface area contributed by atoms with Crippen molar-refractivity contribution in [2.24, 2.45) is 0 Å². The van der Waals surface area contributed by atoms with Crippen molar-refractivity contribution in [1.82, 2.24) is 4.90 Å². The summed E-state index contributed by atoms with van der Waals surface area (Å²) in [5, 5.41) is 10.3. The SMILES string of the molecule is O=CC1CCCCN1Cc1cc(=O)oc2cc(O)ccc12. The summed E-state index contributed by atoms with van der Waals surface area (Å²) in [6.45, 7) is 1.39. The van der Waals surface area contributed by atoms with E-state index in [2.05, 4.69) is 4.90 Å². The molecule has 0 radical (unpaired) electrons. The summed E-state index contributed by atoms with van der Waals surface area (Å²) in [6.07, 6.45) is 3.97. The van der Waals surface area contributed by atoms with E-state index < -0.39 is 5.63 Å². The van der Waals surface area contributed by atoms with Gasteiger partial charge in [-0.2, -0.15) is 0 Å². The highest BCUT2D eigenvalue weighted by atomic mass is 16.4. The van der Waals surface area contributed by atoms with E-state index in [0.29, 0.717) is 12.1 Å². The number of phenols is 1. The van der Waals surface area contributed by atoms with Crippen LogP contribution in [0.25, 0.3) is 11.0 Å². The molecule has 3 rings (SSSR count). The lowest BCUT2D eigenvalue weighted by molar-refractivity contribution is -0.113. The second-order valence-corrected chi connectivity index (χ2v) is 5.44. The molecule has 0 bridgehead atoms. The molecule has 1 aromatic heterocycles. The lowest BCUT2D eigenvalue weighted by Crippen LogP contribution is -2.40. The number of phenolic OH excluding ortho intramolecular Hbond substituents is 1. The normalized spacial score (nSPS) is 19.7. The summed E-state index contributed by atoms with van der Waals surface area (Å²) in [6, 6.07) is 6.13. The molecule has 1 fully saturated rings. The molecular formula is C16H17NO4. The molecular weight excluding hydrogens is 270 g/mol. The zero-order valence-electron chi connectivity index (χ0n) is 11.6. The van der Waals surface area contributed by atoms with Crippen LogP contribution in [0.15, 0.2) is 33.5 Å². The Labute approximate surface area is 121 Å². The number of piperidine rings is 1. The number of hydrogen-bond acceptors (Lipinski definition) is 5. The monoisotopic (exact) mass is 287 g/mol. The molecule has 5 heteroatoms. The molecule has 1 aromatic carbocycles. The van der Waals surface area contributed by atoms with E-state index in [1.165, 1.54) is 12.1 Å². The predicted octanol–water partition coefficient (Wildman–Crippen LogP) is 2.05. The molecule has 1 aliphatic heterocycles. The molecule has 0 aliphatic carbocycles. The van der Waals surface area contributed by atoms with Crippen LogP contribution in [0.1, 0.15) is 24.8 Å². The number of likely N-dealkylation sites (tertiary alicyclic amines) is 1. The Balaban J connectivity index is 1.99. The van der Waals surface area contributed by atoms with Gasteiger partial charge in [-0.25, -0.2) is 4.79 Å². The van der Waals surface area contributed by atoms with Crippen LogP contribution in [0.5, 0.6) is 5.75 Å². The van der Waals surface area contributed by atoms with E-state index in [4.69, 9.17) is 4.42 Å². The van der Waals surface area contributed by atoms with Gasteiger partial charge < -0.3 is 14.3 Å². The molecule has 0 amide bonds. The number of nitrogens with zero attached hydrogens (tertiary/aromatic N) is 1. The van der Waals surface area contributed by atoms with Crippen LogP contribution in [0.4, 0.5) is 0 Å². The topological polar surface area (TPSA) is 70.8 Å².